The van der Waals surface area contributed by atoms with Gasteiger partial charge in [0.15, 0.2) is 0 Å². The largest absolute Gasteiger partial charge is 0.416 e. The first kappa shape index (κ1) is 19.0. The van der Waals surface area contributed by atoms with Crippen LogP contribution in [0.4, 0.5) is 13.2 Å². The third-order valence-corrected chi connectivity index (χ3v) is 6.46. The Labute approximate surface area is 168 Å². The smallest absolute Gasteiger partial charge is 0.328 e. The third kappa shape index (κ3) is 3.77. The Kier molecular flexibility index (Phi) is 5.12. The fraction of sp³-hybridized carbons (Fsp3) is 0.190. The molecule has 0 aliphatic carbocycles. The summed E-state index contributed by atoms with van der Waals surface area (Å²) in [6, 6.07) is 8.63. The Bertz CT molecular complexity index is 988. The number of benzene rings is 1. The van der Waals surface area contributed by atoms with Crippen molar-refractivity contribution in [2.75, 3.05) is 6.54 Å². The van der Waals surface area contributed by atoms with Crippen molar-refractivity contribution in [2.24, 2.45) is 0 Å². The number of hydrogen-bond acceptors (Lipinski definition) is 3. The van der Waals surface area contributed by atoms with Gasteiger partial charge in [-0.25, -0.2) is 0 Å². The van der Waals surface area contributed by atoms with Gasteiger partial charge in [0.2, 0.25) is 5.91 Å². The van der Waals surface area contributed by atoms with E-state index in [9.17, 15) is 18.0 Å². The topological polar surface area (TPSA) is 20.3 Å². The van der Waals surface area contributed by atoms with Crippen molar-refractivity contribution >= 4 is 34.7 Å². The first-order valence-electron chi connectivity index (χ1n) is 8.68. The normalized spacial score (nSPS) is 17.1. The molecule has 0 radical (unpaired) electrons. The highest BCUT2D eigenvalue weighted by Gasteiger charge is 2.34. The zero-order chi connectivity index (χ0) is 19.7. The SMILES string of the molecule is O=C(C=Cc1ccsc1)N1CCc2sccc2C1c1ccc(C(F)(F)F)cc1. The minimum Gasteiger partial charge on any atom is -0.328 e. The van der Waals surface area contributed by atoms with E-state index in [0.29, 0.717) is 12.1 Å². The molecule has 28 heavy (non-hydrogen) atoms. The quantitative estimate of drug-likeness (QED) is 0.476. The van der Waals surface area contributed by atoms with Crippen LogP contribution in [0.5, 0.6) is 0 Å². The Morgan fingerprint density at radius 3 is 2.57 bits per heavy atom. The van der Waals surface area contributed by atoms with E-state index in [1.54, 1.807) is 33.6 Å². The van der Waals surface area contributed by atoms with E-state index >= 15 is 0 Å². The Balaban J connectivity index is 1.67. The molecular formula is C21H16F3NOS2. The highest BCUT2D eigenvalue weighted by Crippen LogP contribution is 2.39. The van der Waals surface area contributed by atoms with Crippen LogP contribution >= 0.6 is 22.7 Å². The van der Waals surface area contributed by atoms with Crippen LogP contribution < -0.4 is 0 Å². The lowest BCUT2D eigenvalue weighted by molar-refractivity contribution is -0.137. The van der Waals surface area contributed by atoms with Gasteiger partial charge in [-0.1, -0.05) is 12.1 Å². The maximum absolute atomic E-state index is 12.9. The van der Waals surface area contributed by atoms with Crippen LogP contribution in [0.1, 0.15) is 33.2 Å². The molecule has 1 amide bonds. The van der Waals surface area contributed by atoms with E-state index in [2.05, 4.69) is 0 Å². The summed E-state index contributed by atoms with van der Waals surface area (Å²) in [5.74, 6) is -0.145. The van der Waals surface area contributed by atoms with Gasteiger partial charge in [0, 0.05) is 17.5 Å². The molecule has 7 heteroatoms. The second-order valence-corrected chi connectivity index (χ2v) is 8.27. The summed E-state index contributed by atoms with van der Waals surface area (Å²) in [6.45, 7) is 0.534. The molecular weight excluding hydrogens is 403 g/mol. The van der Waals surface area contributed by atoms with Crippen LogP contribution in [0, 0.1) is 0 Å². The second kappa shape index (κ2) is 7.56. The molecule has 1 aliphatic heterocycles. The third-order valence-electron chi connectivity index (χ3n) is 4.76. The van der Waals surface area contributed by atoms with Gasteiger partial charge in [-0.15, -0.1) is 11.3 Å². The number of halogens is 3. The summed E-state index contributed by atoms with van der Waals surface area (Å²) in [5, 5.41) is 5.86. The van der Waals surface area contributed by atoms with Crippen molar-refractivity contribution in [1.82, 2.24) is 4.90 Å². The lowest BCUT2D eigenvalue weighted by Crippen LogP contribution is -2.39. The standard InChI is InChI=1S/C21H16F3NOS2/c22-21(23,24)16-4-2-15(3-5-16)20-17-9-12-28-18(17)7-10-25(20)19(26)6-1-14-8-11-27-13-14/h1-6,8-9,11-13,20H,7,10H2. The van der Waals surface area contributed by atoms with E-state index in [-0.39, 0.29) is 11.9 Å². The van der Waals surface area contributed by atoms with Crippen molar-refractivity contribution in [1.29, 1.82) is 0 Å². The maximum atomic E-state index is 12.9. The number of nitrogens with zero attached hydrogens (tertiary/aromatic N) is 1. The summed E-state index contributed by atoms with van der Waals surface area (Å²) in [4.78, 5) is 15.8. The Hall–Kier alpha value is -2.38. The van der Waals surface area contributed by atoms with Crippen LogP contribution in [-0.4, -0.2) is 17.4 Å². The molecule has 4 rings (SSSR count). The van der Waals surface area contributed by atoms with Gasteiger partial charge in [0.1, 0.15) is 0 Å². The molecule has 0 N–H and O–H groups in total. The molecule has 144 valence electrons. The number of alkyl halides is 3. The summed E-state index contributed by atoms with van der Waals surface area (Å²) in [6.07, 6.45) is -0.318. The van der Waals surface area contributed by atoms with Gasteiger partial charge in [0.05, 0.1) is 11.6 Å². The van der Waals surface area contributed by atoms with E-state index in [1.165, 1.54) is 23.1 Å². The lowest BCUT2D eigenvalue weighted by atomic mass is 9.92. The molecule has 3 aromatic rings. The van der Waals surface area contributed by atoms with Crippen LogP contribution in [-0.2, 0) is 17.4 Å². The van der Waals surface area contributed by atoms with Gasteiger partial charge in [-0.2, -0.15) is 24.5 Å². The zero-order valence-electron chi connectivity index (χ0n) is 14.6. The van der Waals surface area contributed by atoms with Crippen LogP contribution in [0.2, 0.25) is 0 Å². The van der Waals surface area contributed by atoms with Crippen LogP contribution in [0.15, 0.2) is 58.6 Å². The minimum absolute atomic E-state index is 0.145. The van der Waals surface area contributed by atoms with E-state index in [1.807, 2.05) is 28.3 Å². The highest BCUT2D eigenvalue weighted by atomic mass is 32.1. The van der Waals surface area contributed by atoms with E-state index in [4.69, 9.17) is 0 Å². The molecule has 0 saturated heterocycles. The van der Waals surface area contributed by atoms with Crippen LogP contribution in [0.25, 0.3) is 6.08 Å². The van der Waals surface area contributed by atoms with Crippen molar-refractivity contribution in [2.45, 2.75) is 18.6 Å². The first-order chi connectivity index (χ1) is 13.4. The van der Waals surface area contributed by atoms with Gasteiger partial charge >= 0.3 is 6.18 Å². The minimum atomic E-state index is -4.38. The molecule has 0 bridgehead atoms. The van der Waals surface area contributed by atoms with E-state index < -0.39 is 11.7 Å². The van der Waals surface area contributed by atoms with Crippen molar-refractivity contribution in [3.8, 4) is 0 Å². The summed E-state index contributed by atoms with van der Waals surface area (Å²) >= 11 is 3.17. The van der Waals surface area contributed by atoms with Gasteiger partial charge < -0.3 is 4.90 Å². The number of carbonyl (C=O) groups excluding carboxylic acids is 1. The predicted molar refractivity (Wildman–Crippen MR) is 106 cm³/mol. The highest BCUT2D eigenvalue weighted by molar-refractivity contribution is 7.10. The van der Waals surface area contributed by atoms with Gasteiger partial charge in [-0.05, 0) is 69.6 Å². The summed E-state index contributed by atoms with van der Waals surface area (Å²) < 4.78 is 38.8. The number of hydrogen-bond donors (Lipinski definition) is 0. The molecule has 3 heterocycles. The maximum Gasteiger partial charge on any atom is 0.416 e. The van der Waals surface area contributed by atoms with Crippen molar-refractivity contribution in [3.05, 3.63) is 85.7 Å². The molecule has 2 nitrogen and oxygen atoms in total. The molecule has 1 aromatic carbocycles. The van der Waals surface area contributed by atoms with Crippen molar-refractivity contribution in [3.63, 3.8) is 0 Å². The average Bonchev–Trinajstić information content (AvgIpc) is 3.36. The lowest BCUT2D eigenvalue weighted by Gasteiger charge is -2.35. The Morgan fingerprint density at radius 1 is 1.11 bits per heavy atom. The molecule has 0 fully saturated rings. The molecule has 1 unspecified atom stereocenters. The summed E-state index contributed by atoms with van der Waals surface area (Å²) in [5.41, 5.74) is 1.95. The number of thiophene rings is 2. The van der Waals surface area contributed by atoms with Crippen molar-refractivity contribution < 1.29 is 18.0 Å². The average molecular weight is 419 g/mol. The summed E-state index contributed by atoms with van der Waals surface area (Å²) in [7, 11) is 0. The molecule has 0 spiro atoms. The van der Waals surface area contributed by atoms with E-state index in [0.717, 1.165) is 29.7 Å². The molecule has 1 aliphatic rings. The fourth-order valence-electron chi connectivity index (χ4n) is 3.40. The Morgan fingerprint density at radius 2 is 1.89 bits per heavy atom. The monoisotopic (exact) mass is 419 g/mol. The van der Waals surface area contributed by atoms with Gasteiger partial charge in [-0.3, -0.25) is 4.79 Å². The second-order valence-electron chi connectivity index (χ2n) is 6.49. The molecule has 0 saturated carbocycles. The predicted octanol–water partition coefficient (Wildman–Crippen LogP) is 6.02. The number of fused-ring (bicyclic) bond motifs is 1. The molecule has 1 atom stereocenters. The fourth-order valence-corrected chi connectivity index (χ4v) is 4.93. The molecule has 2 aromatic heterocycles. The first-order valence-corrected chi connectivity index (χ1v) is 10.5. The van der Waals surface area contributed by atoms with Gasteiger partial charge in [0.25, 0.3) is 0 Å². The van der Waals surface area contributed by atoms with Crippen LogP contribution in [0.3, 0.4) is 0 Å². The number of rotatable bonds is 3. The zero-order valence-corrected chi connectivity index (χ0v) is 16.3. The number of amides is 1. The number of carbonyl (C=O) groups is 1.